The highest BCUT2D eigenvalue weighted by atomic mass is 31.2. The molecular formula is C111H190O16P2. The molecule has 129 heavy (non-hydrogen) atoms. The fourth-order valence-corrected chi connectivity index (χ4v) is 15.9. The number of phosphoric ester groups is 2. The number of aliphatic hydroxyl groups excluding tert-OH is 2. The second-order valence-corrected chi connectivity index (χ2v) is 37.5. The lowest BCUT2D eigenvalue weighted by Gasteiger charge is -2.21. The first-order chi connectivity index (χ1) is 63.2. The van der Waals surface area contributed by atoms with Crippen LogP contribution in [0.15, 0.2) is 182 Å². The lowest BCUT2D eigenvalue weighted by Crippen LogP contribution is -2.30. The molecule has 5 atom stereocenters. The molecular weight excluding hydrogens is 1650 g/mol. The third-order valence-electron chi connectivity index (χ3n) is 22.1. The van der Waals surface area contributed by atoms with E-state index in [9.17, 15) is 43.5 Å². The second kappa shape index (κ2) is 102. The lowest BCUT2D eigenvalue weighted by molar-refractivity contribution is -0.161. The van der Waals surface area contributed by atoms with Crippen LogP contribution in [0.25, 0.3) is 0 Å². The molecule has 18 heteroatoms. The summed E-state index contributed by atoms with van der Waals surface area (Å²) in [6, 6.07) is 0. The van der Waals surface area contributed by atoms with Crippen LogP contribution in [0.3, 0.4) is 0 Å². The van der Waals surface area contributed by atoms with Crippen LogP contribution in [0.2, 0.25) is 0 Å². The van der Waals surface area contributed by atoms with Crippen LogP contribution < -0.4 is 0 Å². The number of hydrogen-bond donors (Lipinski definition) is 4. The Hall–Kier alpha value is -5.35. The molecule has 0 fully saturated rings. The molecule has 0 aromatic carbocycles. The number of aliphatic hydroxyl groups is 2. The van der Waals surface area contributed by atoms with Gasteiger partial charge in [-0.05, 0) is 161 Å². The average molecular weight is 1840 g/mol. The Balaban J connectivity index is 4.60. The summed E-state index contributed by atoms with van der Waals surface area (Å²) in [5, 5.41) is 20.8. The van der Waals surface area contributed by atoms with Gasteiger partial charge in [-0.25, -0.2) is 9.13 Å². The van der Waals surface area contributed by atoms with E-state index in [1.807, 2.05) is 0 Å². The zero-order valence-electron chi connectivity index (χ0n) is 82.0. The summed E-state index contributed by atoms with van der Waals surface area (Å²) in [5.74, 6) is -1.56. The molecule has 0 rings (SSSR count). The predicted octanol–water partition coefficient (Wildman–Crippen LogP) is 33.1. The number of rotatable bonds is 98. The number of esters is 3. The zero-order valence-corrected chi connectivity index (χ0v) is 83.8. The maximum atomic E-state index is 13.1. The Morgan fingerprint density at radius 1 is 0.225 bits per heavy atom. The van der Waals surface area contributed by atoms with E-state index in [-0.39, 0.29) is 19.3 Å². The smallest absolute Gasteiger partial charge is 0.463 e. The molecule has 0 spiro atoms. The van der Waals surface area contributed by atoms with E-state index in [2.05, 4.69) is 203 Å². The van der Waals surface area contributed by atoms with Crippen molar-refractivity contribution in [3.05, 3.63) is 182 Å². The van der Waals surface area contributed by atoms with Gasteiger partial charge in [-0.15, -0.1) is 0 Å². The van der Waals surface area contributed by atoms with Crippen LogP contribution in [0, 0.1) is 0 Å². The lowest BCUT2D eigenvalue weighted by atomic mass is 10.0. The number of phosphoric acid groups is 2. The molecule has 0 aliphatic carbocycles. The Morgan fingerprint density at radius 3 is 0.651 bits per heavy atom. The highest BCUT2D eigenvalue weighted by Crippen LogP contribution is 2.45. The largest absolute Gasteiger partial charge is 0.472 e. The fourth-order valence-electron chi connectivity index (χ4n) is 14.3. The maximum absolute atomic E-state index is 13.1. The number of hydrogen-bond acceptors (Lipinski definition) is 14. The van der Waals surface area contributed by atoms with Gasteiger partial charge in [0.2, 0.25) is 0 Å². The van der Waals surface area contributed by atoms with Gasteiger partial charge in [-0.3, -0.25) is 32.5 Å². The first-order valence-corrected chi connectivity index (χ1v) is 55.1. The molecule has 0 saturated carbocycles. The SMILES string of the molecule is CC/C=C\C/C=C\C/C=C\C/C=C\C/C=C\C/C=C\CCCCCCCCCCCCCCCCCCC(=O)OCC(O)COP(=O)(O)OCC(O)COP(=O)(O)OCC(COC(=O)CCCCCCCCCCCCCCC/C=C\C/C=C\C/C=C\C/C=C\C/C=C\CC)OC(=O)CCCCCCCCCCCCCCC/C=C\C/C=C\C/C=C\C/C=C\CCCCC. The van der Waals surface area contributed by atoms with E-state index < -0.39 is 91.5 Å². The first-order valence-electron chi connectivity index (χ1n) is 52.1. The van der Waals surface area contributed by atoms with Crippen molar-refractivity contribution in [2.75, 3.05) is 39.6 Å². The molecule has 0 bridgehead atoms. The van der Waals surface area contributed by atoms with Gasteiger partial charge in [-0.2, -0.15) is 0 Å². The van der Waals surface area contributed by atoms with E-state index in [0.717, 1.165) is 173 Å². The van der Waals surface area contributed by atoms with Crippen molar-refractivity contribution >= 4 is 33.6 Å². The van der Waals surface area contributed by atoms with Gasteiger partial charge < -0.3 is 34.2 Å². The van der Waals surface area contributed by atoms with Crippen molar-refractivity contribution in [2.24, 2.45) is 0 Å². The van der Waals surface area contributed by atoms with Gasteiger partial charge in [0.25, 0.3) is 0 Å². The minimum atomic E-state index is -4.95. The minimum absolute atomic E-state index is 0.0999. The zero-order chi connectivity index (χ0) is 93.5. The van der Waals surface area contributed by atoms with Gasteiger partial charge in [0.15, 0.2) is 6.10 Å². The third-order valence-corrected chi connectivity index (χ3v) is 24.0. The van der Waals surface area contributed by atoms with Crippen LogP contribution in [0.5, 0.6) is 0 Å². The molecule has 0 aliphatic rings. The van der Waals surface area contributed by atoms with Crippen molar-refractivity contribution in [1.82, 2.24) is 0 Å². The van der Waals surface area contributed by atoms with Crippen LogP contribution in [-0.2, 0) is 55.8 Å². The Morgan fingerprint density at radius 2 is 0.411 bits per heavy atom. The Bertz CT molecular complexity index is 3080. The number of unbranched alkanes of at least 4 members (excludes halogenated alkanes) is 45. The first kappa shape index (κ1) is 124. The summed E-state index contributed by atoms with van der Waals surface area (Å²) < 4.78 is 61.7. The number of allylic oxidation sites excluding steroid dienone is 30. The Kier molecular flexibility index (Phi) is 97.4. The van der Waals surface area contributed by atoms with Crippen molar-refractivity contribution in [3.63, 3.8) is 0 Å². The minimum Gasteiger partial charge on any atom is -0.463 e. The quantitative estimate of drug-likeness (QED) is 0.0146. The molecule has 4 N–H and O–H groups in total. The van der Waals surface area contributed by atoms with E-state index in [4.69, 9.17) is 32.3 Å². The average Bonchev–Trinajstić information content (AvgIpc) is 0.898. The Labute approximate surface area is 789 Å². The molecule has 0 amide bonds. The molecule has 16 nitrogen and oxygen atoms in total. The monoisotopic (exact) mass is 1840 g/mol. The molecule has 0 aromatic rings. The second-order valence-electron chi connectivity index (χ2n) is 34.6. The number of ether oxygens (including phenoxy) is 3. The maximum Gasteiger partial charge on any atom is 0.472 e. The van der Waals surface area contributed by atoms with Crippen molar-refractivity contribution in [2.45, 2.75) is 463 Å². The molecule has 0 aromatic heterocycles. The van der Waals surface area contributed by atoms with Gasteiger partial charge in [0.1, 0.15) is 25.4 Å². The molecule has 5 unspecified atom stereocenters. The number of carbonyl (C=O) groups excluding carboxylic acids is 3. The highest BCUT2D eigenvalue weighted by molar-refractivity contribution is 7.47. The summed E-state index contributed by atoms with van der Waals surface area (Å²) in [6.07, 6.45) is 135. The molecule has 0 aliphatic heterocycles. The van der Waals surface area contributed by atoms with E-state index in [1.54, 1.807) is 0 Å². The topological polar surface area (TPSA) is 231 Å². The van der Waals surface area contributed by atoms with Crippen molar-refractivity contribution in [1.29, 1.82) is 0 Å². The van der Waals surface area contributed by atoms with Gasteiger partial charge >= 0.3 is 33.6 Å². The normalized spacial score (nSPS) is 14.4. The number of carbonyl (C=O) groups is 3. The van der Waals surface area contributed by atoms with Crippen LogP contribution in [0.4, 0.5) is 0 Å². The summed E-state index contributed by atoms with van der Waals surface area (Å²) in [6.45, 7) is 2.50. The van der Waals surface area contributed by atoms with E-state index >= 15 is 0 Å². The molecule has 0 radical (unpaired) electrons. The van der Waals surface area contributed by atoms with Gasteiger partial charge in [0, 0.05) is 19.3 Å². The van der Waals surface area contributed by atoms with Crippen LogP contribution in [0.1, 0.15) is 445 Å². The standard InChI is InChI=1S/C111H190O16P2/c1-4-7-10-13-16-19-22-25-28-31-34-37-40-43-46-49-50-51-52-53-54-57-59-61-64-67-70-73-76-79-82-85-88-91-94-97-109(114)121-100-106(112)101-123-128(117,118)124-102-107(113)103-125-129(119,120)126-105-108(127-111(116)99-96-93-90-87-84-81-78-75-72-69-66-63-60-56-48-45-42-39-36-33-30-27-24-21-18-15-12-9-6-3)104-122-110(115)98-95-92-89-86-83-80-77-74-71-68-65-62-58-55-47-44-41-38-35-32-29-26-23-20-17-14-11-8-5-2/h7-8,10-11,16-21,25-30,34-39,43-48,50-51,106-108,112-113H,4-6,9,12-15,22-24,31-33,40-42,49,52-105H2,1-3H3,(H,117,118)(H,119,120)/b10-7-,11-8-,19-16-,20-17-,21-18-,28-25-,29-26-,30-27-,37-34-,38-35-,39-36-,46-43-,47-44-,48-45-,51-50-. The molecule has 0 heterocycles. The predicted molar refractivity (Wildman–Crippen MR) is 546 cm³/mol. The summed E-state index contributed by atoms with van der Waals surface area (Å²) in [7, 11) is -9.82. The molecule has 740 valence electrons. The van der Waals surface area contributed by atoms with Crippen molar-refractivity contribution < 1.29 is 75.8 Å². The summed E-state index contributed by atoms with van der Waals surface area (Å²) in [5.41, 5.74) is 0. The van der Waals surface area contributed by atoms with Crippen molar-refractivity contribution in [3.8, 4) is 0 Å². The fraction of sp³-hybridized carbons (Fsp3) is 0.703. The van der Waals surface area contributed by atoms with E-state index in [0.29, 0.717) is 19.3 Å². The van der Waals surface area contributed by atoms with Crippen LogP contribution >= 0.6 is 15.6 Å². The van der Waals surface area contributed by atoms with Crippen LogP contribution in [-0.4, -0.2) is 95.9 Å². The van der Waals surface area contributed by atoms with Gasteiger partial charge in [-0.1, -0.05) is 447 Å². The third kappa shape index (κ3) is 103. The molecule has 0 saturated heterocycles. The summed E-state index contributed by atoms with van der Waals surface area (Å²) >= 11 is 0. The van der Waals surface area contributed by atoms with E-state index in [1.165, 1.54) is 212 Å². The summed E-state index contributed by atoms with van der Waals surface area (Å²) in [4.78, 5) is 59.3. The highest BCUT2D eigenvalue weighted by Gasteiger charge is 2.30. The van der Waals surface area contributed by atoms with Gasteiger partial charge in [0.05, 0.1) is 26.4 Å².